The molecule has 9 nitrogen and oxygen atoms in total. The zero-order valence-electron chi connectivity index (χ0n) is 20.8. The van der Waals surface area contributed by atoms with Gasteiger partial charge in [-0.05, 0) is 35.4 Å². The Morgan fingerprint density at radius 2 is 1.53 bits per heavy atom. The minimum atomic E-state index is -3.74. The summed E-state index contributed by atoms with van der Waals surface area (Å²) >= 11 is 0. The maximum absolute atomic E-state index is 12.7. The van der Waals surface area contributed by atoms with Crippen LogP contribution >= 0.6 is 0 Å². The molecule has 0 spiro atoms. The van der Waals surface area contributed by atoms with Crippen molar-refractivity contribution >= 4 is 15.7 Å². The quantitative estimate of drug-likeness (QED) is 0.299. The molecule has 2 unspecified atom stereocenters. The predicted octanol–water partition coefficient (Wildman–Crippen LogP) is 3.49. The molecule has 0 aromatic heterocycles. The van der Waals surface area contributed by atoms with Crippen LogP contribution in [0.15, 0.2) is 89.8 Å². The van der Waals surface area contributed by atoms with Crippen LogP contribution in [0.4, 0.5) is 5.69 Å². The van der Waals surface area contributed by atoms with Gasteiger partial charge in [0.15, 0.2) is 0 Å². The summed E-state index contributed by atoms with van der Waals surface area (Å²) in [4.78, 5) is 0.102. The van der Waals surface area contributed by atoms with E-state index in [0.717, 1.165) is 11.1 Å². The topological polar surface area (TPSA) is 115 Å². The fraction of sp³-hybridized carbons (Fsp3) is 0.357. The SMILES string of the molecule is O=S(=O)(NC[C@@H]1CC2O[C@H](COCc3ccccc3)[C@@H](OCc3ccccc3)C2O1)c1ccc(NO)cc1. The summed E-state index contributed by atoms with van der Waals surface area (Å²) in [7, 11) is -3.74. The van der Waals surface area contributed by atoms with E-state index in [9.17, 15) is 8.42 Å². The number of sulfonamides is 1. The van der Waals surface area contributed by atoms with Crippen molar-refractivity contribution in [3.05, 3.63) is 96.1 Å². The molecule has 3 aromatic rings. The highest BCUT2D eigenvalue weighted by molar-refractivity contribution is 7.89. The van der Waals surface area contributed by atoms with E-state index in [2.05, 4.69) is 4.72 Å². The number of hydrogen-bond acceptors (Lipinski definition) is 8. The summed E-state index contributed by atoms with van der Waals surface area (Å²) in [5.41, 5.74) is 4.51. The summed E-state index contributed by atoms with van der Waals surface area (Å²) in [6.07, 6.45) is -1.00. The summed E-state index contributed by atoms with van der Waals surface area (Å²) < 4.78 is 52.9. The molecule has 5 atom stereocenters. The molecule has 3 aromatic carbocycles. The van der Waals surface area contributed by atoms with Crippen molar-refractivity contribution in [1.82, 2.24) is 4.72 Å². The minimum Gasteiger partial charge on any atom is -0.374 e. The summed E-state index contributed by atoms with van der Waals surface area (Å²) in [6, 6.07) is 25.7. The van der Waals surface area contributed by atoms with Crippen LogP contribution in [0.3, 0.4) is 0 Å². The summed E-state index contributed by atoms with van der Waals surface area (Å²) in [5.74, 6) is 0. The van der Waals surface area contributed by atoms with Gasteiger partial charge in [-0.1, -0.05) is 60.7 Å². The summed E-state index contributed by atoms with van der Waals surface area (Å²) in [5, 5.41) is 8.94. The predicted molar refractivity (Wildman–Crippen MR) is 140 cm³/mol. The van der Waals surface area contributed by atoms with Gasteiger partial charge in [0.2, 0.25) is 10.0 Å². The molecule has 2 heterocycles. The number of nitrogens with one attached hydrogen (secondary N) is 2. The van der Waals surface area contributed by atoms with Crippen LogP contribution in [0.1, 0.15) is 17.5 Å². The number of rotatable bonds is 12. The average molecular weight is 541 g/mol. The van der Waals surface area contributed by atoms with Crippen LogP contribution < -0.4 is 10.2 Å². The van der Waals surface area contributed by atoms with Crippen molar-refractivity contribution in [1.29, 1.82) is 0 Å². The molecule has 2 aliphatic heterocycles. The highest BCUT2D eigenvalue weighted by Gasteiger charge is 2.51. The van der Waals surface area contributed by atoms with Crippen LogP contribution in [0.25, 0.3) is 0 Å². The van der Waals surface area contributed by atoms with Gasteiger partial charge in [0, 0.05) is 13.0 Å². The Morgan fingerprint density at radius 3 is 2.18 bits per heavy atom. The minimum absolute atomic E-state index is 0.102. The van der Waals surface area contributed by atoms with Crippen molar-refractivity contribution in [2.24, 2.45) is 0 Å². The van der Waals surface area contributed by atoms with E-state index < -0.39 is 10.0 Å². The van der Waals surface area contributed by atoms with Gasteiger partial charge in [0.05, 0.1) is 42.6 Å². The molecular weight excluding hydrogens is 508 g/mol. The van der Waals surface area contributed by atoms with Crippen LogP contribution in [-0.2, 0) is 42.2 Å². The summed E-state index contributed by atoms with van der Waals surface area (Å²) in [6.45, 7) is 1.36. The van der Waals surface area contributed by atoms with E-state index >= 15 is 0 Å². The van der Waals surface area contributed by atoms with Gasteiger partial charge in [-0.2, -0.15) is 0 Å². The second-order valence-electron chi connectivity index (χ2n) is 9.42. The van der Waals surface area contributed by atoms with Crippen LogP contribution in [0, 0.1) is 0 Å². The van der Waals surface area contributed by atoms with Crippen molar-refractivity contribution in [3.63, 3.8) is 0 Å². The second-order valence-corrected chi connectivity index (χ2v) is 11.2. The van der Waals surface area contributed by atoms with E-state index in [-0.39, 0.29) is 42.0 Å². The number of ether oxygens (including phenoxy) is 4. The number of fused-ring (bicyclic) bond motifs is 1. The lowest BCUT2D eigenvalue weighted by molar-refractivity contribution is -0.100. The van der Waals surface area contributed by atoms with Crippen LogP contribution in [0.2, 0.25) is 0 Å². The molecule has 2 fully saturated rings. The third kappa shape index (κ3) is 6.59. The molecule has 0 amide bonds. The van der Waals surface area contributed by atoms with Crippen LogP contribution in [0.5, 0.6) is 0 Å². The Labute approximate surface area is 222 Å². The molecule has 0 bridgehead atoms. The molecule has 0 radical (unpaired) electrons. The molecule has 0 aliphatic carbocycles. The van der Waals surface area contributed by atoms with Gasteiger partial charge in [0.25, 0.3) is 0 Å². The molecule has 2 saturated heterocycles. The van der Waals surface area contributed by atoms with Gasteiger partial charge in [0.1, 0.15) is 18.3 Å². The first-order chi connectivity index (χ1) is 18.5. The molecule has 0 saturated carbocycles. The number of benzene rings is 3. The highest BCUT2D eigenvalue weighted by atomic mass is 32.2. The second kappa shape index (κ2) is 12.4. The van der Waals surface area contributed by atoms with E-state index in [0.29, 0.717) is 31.9 Å². The van der Waals surface area contributed by atoms with E-state index in [1.807, 2.05) is 66.1 Å². The molecule has 2 aliphatic rings. The Balaban J connectivity index is 1.19. The average Bonchev–Trinajstić information content (AvgIpc) is 3.49. The normalized spacial score (nSPS) is 24.8. The smallest absolute Gasteiger partial charge is 0.240 e. The van der Waals surface area contributed by atoms with Crippen molar-refractivity contribution < 1.29 is 32.6 Å². The molecule has 202 valence electrons. The number of anilines is 1. The molecule has 3 N–H and O–H groups in total. The first-order valence-electron chi connectivity index (χ1n) is 12.6. The molecule has 38 heavy (non-hydrogen) atoms. The Morgan fingerprint density at radius 1 is 0.868 bits per heavy atom. The van der Waals surface area contributed by atoms with Crippen molar-refractivity contribution in [2.75, 3.05) is 18.6 Å². The van der Waals surface area contributed by atoms with Gasteiger partial charge < -0.3 is 18.9 Å². The van der Waals surface area contributed by atoms with Gasteiger partial charge >= 0.3 is 0 Å². The lowest BCUT2D eigenvalue weighted by atomic mass is 10.1. The molecule has 10 heteroatoms. The monoisotopic (exact) mass is 540 g/mol. The fourth-order valence-electron chi connectivity index (χ4n) is 4.79. The third-order valence-electron chi connectivity index (χ3n) is 6.72. The van der Waals surface area contributed by atoms with E-state index in [1.54, 1.807) is 0 Å². The van der Waals surface area contributed by atoms with E-state index in [4.69, 9.17) is 24.2 Å². The lowest BCUT2D eigenvalue weighted by Crippen LogP contribution is -2.39. The zero-order chi connectivity index (χ0) is 26.4. The van der Waals surface area contributed by atoms with E-state index in [1.165, 1.54) is 24.3 Å². The van der Waals surface area contributed by atoms with Gasteiger partial charge in [-0.3, -0.25) is 10.7 Å². The molecule has 5 rings (SSSR count). The van der Waals surface area contributed by atoms with Crippen molar-refractivity contribution in [2.45, 2.75) is 55.0 Å². The van der Waals surface area contributed by atoms with Crippen LogP contribution in [-0.4, -0.2) is 57.3 Å². The standard InChI is InChI=1S/C28H32N2O7S/c31-30-22-11-13-24(14-12-22)38(32,33)29-16-23-15-25-28(36-23)27(35-18-21-9-5-2-6-10-21)26(37-25)19-34-17-20-7-3-1-4-8-20/h1-14,23,25-31H,15-19H2/t23-,25?,26+,27+,28?/m0/s1. The van der Waals surface area contributed by atoms with Gasteiger partial charge in [-0.25, -0.2) is 13.1 Å². The lowest BCUT2D eigenvalue weighted by Gasteiger charge is -2.24. The highest BCUT2D eigenvalue weighted by Crippen LogP contribution is 2.36. The Bertz CT molecular complexity index is 1260. The maximum atomic E-state index is 12.7. The van der Waals surface area contributed by atoms with Crippen molar-refractivity contribution in [3.8, 4) is 0 Å². The fourth-order valence-corrected chi connectivity index (χ4v) is 5.86. The first kappa shape index (κ1) is 26.8. The maximum Gasteiger partial charge on any atom is 0.240 e. The molecular formula is C28H32N2O7S. The first-order valence-corrected chi connectivity index (χ1v) is 14.1. The zero-order valence-corrected chi connectivity index (χ0v) is 21.6. The number of hydrogen-bond donors (Lipinski definition) is 3. The largest absolute Gasteiger partial charge is 0.374 e. The Kier molecular flexibility index (Phi) is 8.70. The third-order valence-corrected chi connectivity index (χ3v) is 8.16. The van der Waals surface area contributed by atoms with Gasteiger partial charge in [-0.15, -0.1) is 0 Å². The Hall–Kier alpha value is -2.83.